The van der Waals surface area contributed by atoms with E-state index in [2.05, 4.69) is 5.32 Å². The number of carbonyl (C=O) groups excluding carboxylic acids is 2. The number of carboxylic acid groups (broad SMARTS) is 1. The van der Waals surface area contributed by atoms with Crippen LogP contribution in [0.3, 0.4) is 0 Å². The first kappa shape index (κ1) is 16.5. The molecule has 0 aromatic rings. The van der Waals surface area contributed by atoms with Crippen molar-refractivity contribution in [1.82, 2.24) is 10.2 Å². The van der Waals surface area contributed by atoms with E-state index in [1.807, 2.05) is 20.8 Å². The number of hydrogen-bond acceptors (Lipinski definition) is 3. The highest BCUT2D eigenvalue weighted by Gasteiger charge is 2.28. The first-order valence-corrected chi connectivity index (χ1v) is 6.96. The van der Waals surface area contributed by atoms with Crippen molar-refractivity contribution in [2.24, 2.45) is 11.3 Å². The summed E-state index contributed by atoms with van der Waals surface area (Å²) in [6.45, 7) is 6.62. The number of aliphatic carboxylic acids is 1. The molecular weight excluding hydrogens is 260 g/mol. The fraction of sp³-hybridized carbons (Fsp3) is 0.786. The standard InChI is InChI=1S/C14H24N2O4/c1-14(2,3)7-11(17)15-8-12(18)16-6-4-5-10(9-16)13(19)20/h10H,4-9H2,1-3H3,(H,15,17)(H,19,20). The maximum atomic E-state index is 12.0. The Morgan fingerprint density at radius 2 is 1.95 bits per heavy atom. The van der Waals surface area contributed by atoms with Crippen molar-refractivity contribution in [3.05, 3.63) is 0 Å². The largest absolute Gasteiger partial charge is 0.481 e. The maximum absolute atomic E-state index is 12.0. The Bertz CT molecular complexity index is 387. The predicted molar refractivity (Wildman–Crippen MR) is 74.0 cm³/mol. The average Bonchev–Trinajstić information content (AvgIpc) is 2.34. The second-order valence-electron chi connectivity index (χ2n) is 6.53. The predicted octanol–water partition coefficient (Wildman–Crippen LogP) is 0.862. The van der Waals surface area contributed by atoms with E-state index in [1.165, 1.54) is 4.90 Å². The number of carboxylic acids is 1. The minimum absolute atomic E-state index is 0.0543. The average molecular weight is 284 g/mol. The van der Waals surface area contributed by atoms with Crippen LogP contribution in [0, 0.1) is 11.3 Å². The highest BCUT2D eigenvalue weighted by molar-refractivity contribution is 5.85. The smallest absolute Gasteiger partial charge is 0.308 e. The second-order valence-corrected chi connectivity index (χ2v) is 6.53. The molecule has 0 spiro atoms. The fourth-order valence-corrected chi connectivity index (χ4v) is 2.24. The summed E-state index contributed by atoms with van der Waals surface area (Å²) in [7, 11) is 0. The fourth-order valence-electron chi connectivity index (χ4n) is 2.24. The number of carbonyl (C=O) groups is 3. The molecule has 1 aliphatic heterocycles. The lowest BCUT2D eigenvalue weighted by molar-refractivity contribution is -0.146. The second kappa shape index (κ2) is 6.72. The van der Waals surface area contributed by atoms with Crippen LogP contribution in [0.2, 0.25) is 0 Å². The van der Waals surface area contributed by atoms with E-state index in [4.69, 9.17) is 5.11 Å². The van der Waals surface area contributed by atoms with Crippen LogP contribution < -0.4 is 5.32 Å². The summed E-state index contributed by atoms with van der Waals surface area (Å²) in [4.78, 5) is 36.1. The summed E-state index contributed by atoms with van der Waals surface area (Å²) < 4.78 is 0. The van der Waals surface area contributed by atoms with Gasteiger partial charge in [-0.15, -0.1) is 0 Å². The zero-order chi connectivity index (χ0) is 15.3. The molecule has 0 bridgehead atoms. The number of piperidine rings is 1. The molecule has 6 nitrogen and oxygen atoms in total. The first-order valence-electron chi connectivity index (χ1n) is 6.96. The van der Waals surface area contributed by atoms with Crippen molar-refractivity contribution in [2.75, 3.05) is 19.6 Å². The van der Waals surface area contributed by atoms with Crippen LogP contribution in [0.25, 0.3) is 0 Å². The number of amides is 2. The van der Waals surface area contributed by atoms with Crippen molar-refractivity contribution in [1.29, 1.82) is 0 Å². The molecule has 20 heavy (non-hydrogen) atoms. The molecule has 0 aliphatic carbocycles. The van der Waals surface area contributed by atoms with Crippen LogP contribution in [-0.4, -0.2) is 47.4 Å². The molecule has 0 saturated carbocycles. The lowest BCUT2D eigenvalue weighted by atomic mass is 9.92. The summed E-state index contributed by atoms with van der Waals surface area (Å²) >= 11 is 0. The Hall–Kier alpha value is -1.59. The summed E-state index contributed by atoms with van der Waals surface area (Å²) in [6.07, 6.45) is 1.66. The van der Waals surface area contributed by atoms with Crippen LogP contribution in [-0.2, 0) is 14.4 Å². The molecule has 1 heterocycles. The number of nitrogens with one attached hydrogen (secondary N) is 1. The number of likely N-dealkylation sites (tertiary alicyclic amines) is 1. The Labute approximate surface area is 119 Å². The molecule has 0 aromatic heterocycles. The van der Waals surface area contributed by atoms with Gasteiger partial charge in [-0.05, 0) is 18.3 Å². The lowest BCUT2D eigenvalue weighted by Crippen LogP contribution is -2.46. The SMILES string of the molecule is CC(C)(C)CC(=O)NCC(=O)N1CCCC(C(=O)O)C1. The third-order valence-corrected chi connectivity index (χ3v) is 3.25. The molecule has 2 amide bonds. The summed E-state index contributed by atoms with van der Waals surface area (Å²) in [5, 5.41) is 11.6. The first-order chi connectivity index (χ1) is 9.19. The van der Waals surface area contributed by atoms with E-state index in [-0.39, 0.29) is 30.3 Å². The van der Waals surface area contributed by atoms with Gasteiger partial charge in [0.1, 0.15) is 0 Å². The van der Waals surface area contributed by atoms with Crippen molar-refractivity contribution in [3.63, 3.8) is 0 Å². The lowest BCUT2D eigenvalue weighted by Gasteiger charge is -2.30. The summed E-state index contributed by atoms with van der Waals surface area (Å²) in [6, 6.07) is 0. The van der Waals surface area contributed by atoms with Gasteiger partial charge in [-0.1, -0.05) is 20.8 Å². The molecule has 114 valence electrons. The van der Waals surface area contributed by atoms with Crippen LogP contribution in [0.1, 0.15) is 40.0 Å². The van der Waals surface area contributed by atoms with Gasteiger partial charge in [0.25, 0.3) is 0 Å². The zero-order valence-corrected chi connectivity index (χ0v) is 12.4. The minimum Gasteiger partial charge on any atom is -0.481 e. The van der Waals surface area contributed by atoms with Gasteiger partial charge in [0.2, 0.25) is 11.8 Å². The topological polar surface area (TPSA) is 86.7 Å². The summed E-state index contributed by atoms with van der Waals surface area (Å²) in [5.74, 6) is -1.71. The van der Waals surface area contributed by atoms with Crippen LogP contribution in [0.5, 0.6) is 0 Å². The van der Waals surface area contributed by atoms with E-state index in [0.717, 1.165) is 0 Å². The van der Waals surface area contributed by atoms with E-state index in [9.17, 15) is 14.4 Å². The number of rotatable bonds is 4. The van der Waals surface area contributed by atoms with Gasteiger partial charge in [-0.25, -0.2) is 0 Å². The van der Waals surface area contributed by atoms with E-state index in [1.54, 1.807) is 0 Å². The van der Waals surface area contributed by atoms with Gasteiger partial charge in [0, 0.05) is 19.5 Å². The third kappa shape index (κ3) is 5.59. The van der Waals surface area contributed by atoms with E-state index < -0.39 is 11.9 Å². The van der Waals surface area contributed by atoms with E-state index >= 15 is 0 Å². The quantitative estimate of drug-likeness (QED) is 0.801. The van der Waals surface area contributed by atoms with Crippen LogP contribution >= 0.6 is 0 Å². The van der Waals surface area contributed by atoms with Gasteiger partial charge in [-0.2, -0.15) is 0 Å². The molecule has 1 fully saturated rings. The Balaban J connectivity index is 2.39. The normalized spacial score (nSPS) is 19.6. The van der Waals surface area contributed by atoms with Gasteiger partial charge >= 0.3 is 5.97 Å². The molecule has 0 radical (unpaired) electrons. The molecule has 6 heteroatoms. The minimum atomic E-state index is -0.862. The Morgan fingerprint density at radius 3 is 2.50 bits per heavy atom. The van der Waals surface area contributed by atoms with E-state index in [0.29, 0.717) is 25.8 Å². The van der Waals surface area contributed by atoms with Gasteiger partial charge in [0.15, 0.2) is 0 Å². The van der Waals surface area contributed by atoms with Crippen molar-refractivity contribution in [3.8, 4) is 0 Å². The zero-order valence-electron chi connectivity index (χ0n) is 12.4. The highest BCUT2D eigenvalue weighted by Crippen LogP contribution is 2.18. The van der Waals surface area contributed by atoms with Crippen molar-refractivity contribution >= 4 is 17.8 Å². The third-order valence-electron chi connectivity index (χ3n) is 3.25. The molecule has 1 atom stereocenters. The summed E-state index contributed by atoms with van der Waals surface area (Å²) in [5.41, 5.74) is -0.118. The molecule has 1 aliphatic rings. The highest BCUT2D eigenvalue weighted by atomic mass is 16.4. The molecule has 0 aromatic carbocycles. The number of hydrogen-bond donors (Lipinski definition) is 2. The van der Waals surface area contributed by atoms with Gasteiger partial charge < -0.3 is 15.3 Å². The Kier molecular flexibility index (Phi) is 5.53. The van der Waals surface area contributed by atoms with Gasteiger partial charge in [0.05, 0.1) is 12.5 Å². The van der Waals surface area contributed by atoms with Crippen molar-refractivity contribution in [2.45, 2.75) is 40.0 Å². The molecular formula is C14H24N2O4. The van der Waals surface area contributed by atoms with Crippen LogP contribution in [0.15, 0.2) is 0 Å². The maximum Gasteiger partial charge on any atom is 0.308 e. The monoisotopic (exact) mass is 284 g/mol. The van der Waals surface area contributed by atoms with Crippen LogP contribution in [0.4, 0.5) is 0 Å². The van der Waals surface area contributed by atoms with Crippen molar-refractivity contribution < 1.29 is 19.5 Å². The molecule has 2 N–H and O–H groups in total. The van der Waals surface area contributed by atoms with Gasteiger partial charge in [-0.3, -0.25) is 14.4 Å². The molecule has 1 unspecified atom stereocenters. The molecule has 1 saturated heterocycles. The Morgan fingerprint density at radius 1 is 1.30 bits per heavy atom. The molecule has 1 rings (SSSR count). The number of nitrogens with zero attached hydrogens (tertiary/aromatic N) is 1.